The molecule has 1 aliphatic heterocycles. The van der Waals surface area contributed by atoms with Crippen molar-refractivity contribution in [2.75, 3.05) is 0 Å². The number of rotatable bonds is 4. The average molecular weight is 276 g/mol. The molecule has 1 heterocycles. The second kappa shape index (κ2) is 4.85. The normalized spacial score (nSPS) is 25.2. The van der Waals surface area contributed by atoms with Crippen LogP contribution in [0.3, 0.4) is 0 Å². The zero-order chi connectivity index (χ0) is 14.3. The molecule has 0 radical (unpaired) electrons. The van der Waals surface area contributed by atoms with E-state index in [9.17, 15) is 9.18 Å². The molecule has 1 spiro atoms. The van der Waals surface area contributed by atoms with Crippen LogP contribution in [0.2, 0.25) is 0 Å². The minimum Gasteiger partial charge on any atom is -0.319 e. The van der Waals surface area contributed by atoms with E-state index >= 15 is 0 Å². The molecule has 0 aromatic heterocycles. The van der Waals surface area contributed by atoms with Crippen molar-refractivity contribution in [1.82, 2.24) is 10.2 Å². The quantitative estimate of drug-likeness (QED) is 0.917. The standard InChI is InChI=1S/C16H21FN2O/c1-3-4-11(2)19-14(12-5-7-13(17)8-6-12)18-16(9-10-16)15(19)20/h5-8,11,14,18H,3-4,9-10H2,1-2H3. The molecular formula is C16H21FN2O. The second-order valence-corrected chi connectivity index (χ2v) is 6.03. The number of amides is 1. The first-order valence-corrected chi connectivity index (χ1v) is 7.43. The fourth-order valence-electron chi connectivity index (χ4n) is 3.14. The summed E-state index contributed by atoms with van der Waals surface area (Å²) in [6, 6.07) is 6.67. The molecule has 20 heavy (non-hydrogen) atoms. The zero-order valence-electron chi connectivity index (χ0n) is 12.0. The Kier molecular flexibility index (Phi) is 3.28. The molecule has 3 nitrogen and oxygen atoms in total. The van der Waals surface area contributed by atoms with Gasteiger partial charge in [-0.1, -0.05) is 25.5 Å². The van der Waals surface area contributed by atoms with Gasteiger partial charge < -0.3 is 4.90 Å². The summed E-state index contributed by atoms with van der Waals surface area (Å²) < 4.78 is 13.1. The number of carbonyl (C=O) groups is 1. The molecule has 108 valence electrons. The number of nitrogens with one attached hydrogen (secondary N) is 1. The summed E-state index contributed by atoms with van der Waals surface area (Å²) in [5.41, 5.74) is 0.632. The molecule has 2 unspecified atom stereocenters. The van der Waals surface area contributed by atoms with Gasteiger partial charge >= 0.3 is 0 Å². The Morgan fingerprint density at radius 1 is 1.40 bits per heavy atom. The number of hydrogen-bond donors (Lipinski definition) is 1. The molecule has 2 atom stereocenters. The van der Waals surface area contributed by atoms with Crippen molar-refractivity contribution < 1.29 is 9.18 Å². The Hall–Kier alpha value is -1.42. The minimum absolute atomic E-state index is 0.118. The van der Waals surface area contributed by atoms with Gasteiger partial charge in [0, 0.05) is 6.04 Å². The van der Waals surface area contributed by atoms with Gasteiger partial charge in [-0.25, -0.2) is 4.39 Å². The summed E-state index contributed by atoms with van der Waals surface area (Å²) in [5.74, 6) is -0.0276. The summed E-state index contributed by atoms with van der Waals surface area (Å²) in [6.07, 6.45) is 3.75. The monoisotopic (exact) mass is 276 g/mol. The average Bonchev–Trinajstić information content (AvgIpc) is 3.14. The molecular weight excluding hydrogens is 255 g/mol. The lowest BCUT2D eigenvalue weighted by Crippen LogP contribution is -2.38. The van der Waals surface area contributed by atoms with E-state index in [4.69, 9.17) is 0 Å². The van der Waals surface area contributed by atoms with E-state index in [1.165, 1.54) is 12.1 Å². The lowest BCUT2D eigenvalue weighted by atomic mass is 10.1. The smallest absolute Gasteiger partial charge is 0.244 e. The summed E-state index contributed by atoms with van der Waals surface area (Å²) in [7, 11) is 0. The number of halogens is 1. The lowest BCUT2D eigenvalue weighted by molar-refractivity contribution is -0.132. The Morgan fingerprint density at radius 3 is 2.60 bits per heavy atom. The van der Waals surface area contributed by atoms with Crippen molar-refractivity contribution in [2.24, 2.45) is 0 Å². The van der Waals surface area contributed by atoms with Crippen LogP contribution in [0.4, 0.5) is 4.39 Å². The maximum atomic E-state index is 13.1. The molecule has 1 aromatic rings. The molecule has 2 fully saturated rings. The van der Waals surface area contributed by atoms with Crippen LogP contribution in [0, 0.1) is 5.82 Å². The third kappa shape index (κ3) is 2.12. The molecule has 1 saturated carbocycles. The Morgan fingerprint density at radius 2 is 2.05 bits per heavy atom. The molecule has 1 N–H and O–H groups in total. The van der Waals surface area contributed by atoms with Gasteiger partial charge in [0.2, 0.25) is 5.91 Å². The van der Waals surface area contributed by atoms with Gasteiger partial charge in [0.1, 0.15) is 17.5 Å². The molecule has 1 aliphatic carbocycles. The van der Waals surface area contributed by atoms with E-state index in [0.717, 1.165) is 31.2 Å². The third-order valence-corrected chi connectivity index (χ3v) is 4.45. The van der Waals surface area contributed by atoms with E-state index in [-0.39, 0.29) is 29.5 Å². The van der Waals surface area contributed by atoms with E-state index in [1.54, 1.807) is 12.1 Å². The molecule has 4 heteroatoms. The van der Waals surface area contributed by atoms with E-state index in [0.29, 0.717) is 0 Å². The zero-order valence-corrected chi connectivity index (χ0v) is 12.0. The van der Waals surface area contributed by atoms with E-state index in [1.807, 2.05) is 4.90 Å². The summed E-state index contributed by atoms with van der Waals surface area (Å²) in [5, 5.41) is 3.47. The van der Waals surface area contributed by atoms with Gasteiger partial charge in [-0.15, -0.1) is 0 Å². The second-order valence-electron chi connectivity index (χ2n) is 6.03. The summed E-state index contributed by atoms with van der Waals surface area (Å²) in [6.45, 7) is 4.23. The Balaban J connectivity index is 1.90. The number of carbonyl (C=O) groups excluding carboxylic acids is 1. The van der Waals surface area contributed by atoms with Crippen molar-refractivity contribution >= 4 is 5.91 Å². The summed E-state index contributed by atoms with van der Waals surface area (Å²) in [4.78, 5) is 14.6. The first-order valence-electron chi connectivity index (χ1n) is 7.43. The van der Waals surface area contributed by atoms with Crippen molar-refractivity contribution in [3.63, 3.8) is 0 Å². The van der Waals surface area contributed by atoms with Gasteiger partial charge in [-0.3, -0.25) is 10.1 Å². The SMILES string of the molecule is CCCC(C)N1C(=O)C2(CC2)NC1c1ccc(F)cc1. The highest BCUT2D eigenvalue weighted by atomic mass is 19.1. The number of nitrogens with zero attached hydrogens (tertiary/aromatic N) is 1. The van der Waals surface area contributed by atoms with E-state index < -0.39 is 0 Å². The van der Waals surface area contributed by atoms with Crippen molar-refractivity contribution in [1.29, 1.82) is 0 Å². The molecule has 1 saturated heterocycles. The van der Waals surface area contributed by atoms with Gasteiger partial charge in [0.15, 0.2) is 0 Å². The van der Waals surface area contributed by atoms with Gasteiger partial charge in [-0.2, -0.15) is 0 Å². The topological polar surface area (TPSA) is 32.3 Å². The molecule has 1 aromatic carbocycles. The Bertz CT molecular complexity index is 510. The van der Waals surface area contributed by atoms with Crippen LogP contribution in [0.1, 0.15) is 51.3 Å². The fraction of sp³-hybridized carbons (Fsp3) is 0.562. The predicted molar refractivity (Wildman–Crippen MR) is 75.5 cm³/mol. The van der Waals surface area contributed by atoms with Crippen molar-refractivity contribution in [2.45, 2.75) is 57.3 Å². The van der Waals surface area contributed by atoms with Crippen LogP contribution < -0.4 is 5.32 Å². The predicted octanol–water partition coefficient (Wildman–Crippen LogP) is 2.98. The van der Waals surface area contributed by atoms with E-state index in [2.05, 4.69) is 19.2 Å². The maximum Gasteiger partial charge on any atom is 0.244 e. The van der Waals surface area contributed by atoms with Crippen molar-refractivity contribution in [3.05, 3.63) is 35.6 Å². The van der Waals surface area contributed by atoms with Crippen LogP contribution in [0.25, 0.3) is 0 Å². The maximum absolute atomic E-state index is 13.1. The summed E-state index contributed by atoms with van der Waals surface area (Å²) >= 11 is 0. The lowest BCUT2D eigenvalue weighted by Gasteiger charge is -2.30. The third-order valence-electron chi connectivity index (χ3n) is 4.45. The minimum atomic E-state index is -0.332. The highest BCUT2D eigenvalue weighted by Gasteiger charge is 2.60. The molecule has 3 rings (SSSR count). The van der Waals surface area contributed by atoms with Crippen LogP contribution in [-0.4, -0.2) is 22.4 Å². The Labute approximate surface area is 119 Å². The van der Waals surface area contributed by atoms with Crippen LogP contribution in [0.15, 0.2) is 24.3 Å². The molecule has 0 bridgehead atoms. The highest BCUT2D eigenvalue weighted by Crippen LogP contribution is 2.47. The van der Waals surface area contributed by atoms with Crippen LogP contribution in [-0.2, 0) is 4.79 Å². The molecule has 1 amide bonds. The van der Waals surface area contributed by atoms with Gasteiger partial charge in [0.25, 0.3) is 0 Å². The van der Waals surface area contributed by atoms with Gasteiger partial charge in [0.05, 0.1) is 0 Å². The number of benzene rings is 1. The van der Waals surface area contributed by atoms with Gasteiger partial charge in [-0.05, 0) is 43.9 Å². The highest BCUT2D eigenvalue weighted by molar-refractivity contribution is 5.92. The molecule has 2 aliphatic rings. The largest absolute Gasteiger partial charge is 0.319 e. The van der Waals surface area contributed by atoms with Crippen LogP contribution >= 0.6 is 0 Å². The first-order chi connectivity index (χ1) is 9.57. The van der Waals surface area contributed by atoms with Crippen molar-refractivity contribution in [3.8, 4) is 0 Å². The van der Waals surface area contributed by atoms with Crippen LogP contribution in [0.5, 0.6) is 0 Å². The first kappa shape index (κ1) is 13.6. The fourth-order valence-corrected chi connectivity index (χ4v) is 3.14. The number of hydrogen-bond acceptors (Lipinski definition) is 2.